The summed E-state index contributed by atoms with van der Waals surface area (Å²) in [6, 6.07) is 4.37. The van der Waals surface area contributed by atoms with E-state index >= 15 is 0 Å². The first-order valence-electron chi connectivity index (χ1n) is 6.80. The molecule has 1 aliphatic carbocycles. The number of hydrogen-bond acceptors (Lipinski definition) is 2. The molecule has 0 heterocycles. The molecule has 0 atom stereocenters. The van der Waals surface area contributed by atoms with Crippen LogP contribution in [0.3, 0.4) is 0 Å². The van der Waals surface area contributed by atoms with Gasteiger partial charge in [-0.15, -0.1) is 0 Å². The van der Waals surface area contributed by atoms with Gasteiger partial charge in [0.2, 0.25) is 5.91 Å². The highest BCUT2D eigenvalue weighted by molar-refractivity contribution is 6.31. The number of aliphatic hydroxyl groups is 1. The van der Waals surface area contributed by atoms with Gasteiger partial charge in [0.15, 0.2) is 0 Å². The predicted molar refractivity (Wildman–Crippen MR) is 76.2 cm³/mol. The fraction of sp³-hybridized carbons (Fsp3) is 0.533. The molecule has 5 heteroatoms. The van der Waals surface area contributed by atoms with Crippen molar-refractivity contribution in [2.45, 2.75) is 37.7 Å². The van der Waals surface area contributed by atoms with Crippen molar-refractivity contribution in [3.8, 4) is 0 Å². The zero-order valence-electron chi connectivity index (χ0n) is 11.5. The van der Waals surface area contributed by atoms with Crippen LogP contribution in [0.25, 0.3) is 0 Å². The highest BCUT2D eigenvalue weighted by Gasteiger charge is 2.33. The van der Waals surface area contributed by atoms with E-state index in [2.05, 4.69) is 0 Å². The predicted octanol–water partition coefficient (Wildman–Crippen LogP) is 2.79. The molecule has 1 saturated carbocycles. The quantitative estimate of drug-likeness (QED) is 0.929. The Morgan fingerprint density at radius 3 is 2.70 bits per heavy atom. The Labute approximate surface area is 123 Å². The van der Waals surface area contributed by atoms with E-state index in [9.17, 15) is 14.3 Å². The largest absolute Gasteiger partial charge is 0.388 e. The first-order valence-corrected chi connectivity index (χ1v) is 7.18. The van der Waals surface area contributed by atoms with Crippen molar-refractivity contribution < 1.29 is 14.3 Å². The Hall–Kier alpha value is -1.13. The van der Waals surface area contributed by atoms with Crippen LogP contribution in [-0.2, 0) is 11.2 Å². The van der Waals surface area contributed by atoms with Crippen LogP contribution in [-0.4, -0.2) is 35.1 Å². The molecule has 3 nitrogen and oxygen atoms in total. The monoisotopic (exact) mass is 299 g/mol. The lowest BCUT2D eigenvalue weighted by Gasteiger charge is -2.28. The van der Waals surface area contributed by atoms with Crippen LogP contribution in [0.2, 0.25) is 5.02 Å². The van der Waals surface area contributed by atoms with Gasteiger partial charge < -0.3 is 10.0 Å². The zero-order valence-corrected chi connectivity index (χ0v) is 12.3. The highest BCUT2D eigenvalue weighted by atomic mass is 35.5. The van der Waals surface area contributed by atoms with Gasteiger partial charge in [-0.2, -0.15) is 0 Å². The smallest absolute Gasteiger partial charge is 0.226 e. The molecule has 1 aliphatic rings. The normalized spacial score (nSPS) is 17.2. The molecule has 20 heavy (non-hydrogen) atoms. The van der Waals surface area contributed by atoms with Crippen molar-refractivity contribution in [3.05, 3.63) is 34.6 Å². The second kappa shape index (κ2) is 6.10. The summed E-state index contributed by atoms with van der Waals surface area (Å²) in [4.78, 5) is 13.6. The molecule has 0 bridgehead atoms. The number of rotatable bonds is 4. The Bertz CT molecular complexity index is 480. The number of carbonyl (C=O) groups is 1. The van der Waals surface area contributed by atoms with E-state index in [0.29, 0.717) is 12.8 Å². The number of likely N-dealkylation sites (N-methyl/N-ethyl adjacent to an activating group) is 1. The number of nitrogens with zero attached hydrogens (tertiary/aromatic N) is 1. The Morgan fingerprint density at radius 1 is 1.45 bits per heavy atom. The van der Waals surface area contributed by atoms with Crippen LogP contribution < -0.4 is 0 Å². The summed E-state index contributed by atoms with van der Waals surface area (Å²) < 4.78 is 13.6. The standard InChI is InChI=1S/C15H19ClFNO2/c1-18(10-15(20)7-2-3-8-15)14(19)9-11-12(16)5-4-6-13(11)17/h4-6,20H,2-3,7-10H2,1H3. The Balaban J connectivity index is 2.01. The maximum atomic E-state index is 13.6. The third-order valence-electron chi connectivity index (χ3n) is 3.88. The van der Waals surface area contributed by atoms with Crippen molar-refractivity contribution in [1.82, 2.24) is 4.90 Å². The Morgan fingerprint density at radius 2 is 2.10 bits per heavy atom. The average molecular weight is 300 g/mol. The molecule has 1 N–H and O–H groups in total. The molecule has 0 saturated heterocycles. The zero-order chi connectivity index (χ0) is 14.8. The average Bonchev–Trinajstić information content (AvgIpc) is 2.80. The highest BCUT2D eigenvalue weighted by Crippen LogP contribution is 2.30. The SMILES string of the molecule is CN(CC1(O)CCCC1)C(=O)Cc1c(F)cccc1Cl. The molecule has 2 rings (SSSR count). The van der Waals surface area contributed by atoms with Gasteiger partial charge in [0.05, 0.1) is 12.0 Å². The molecule has 0 aromatic heterocycles. The number of hydrogen-bond donors (Lipinski definition) is 1. The van der Waals surface area contributed by atoms with Gasteiger partial charge in [-0.1, -0.05) is 30.5 Å². The molecule has 110 valence electrons. The van der Waals surface area contributed by atoms with Crippen molar-refractivity contribution in [1.29, 1.82) is 0 Å². The summed E-state index contributed by atoms with van der Waals surface area (Å²) in [5.74, 6) is -0.712. The number of amides is 1. The minimum Gasteiger partial charge on any atom is -0.388 e. The van der Waals surface area contributed by atoms with Crippen LogP contribution in [0.4, 0.5) is 4.39 Å². The van der Waals surface area contributed by atoms with Gasteiger partial charge in [-0.05, 0) is 25.0 Å². The summed E-state index contributed by atoms with van der Waals surface area (Å²) in [5, 5.41) is 10.5. The molecule has 0 spiro atoms. The van der Waals surface area contributed by atoms with Gasteiger partial charge in [-0.25, -0.2) is 4.39 Å². The topological polar surface area (TPSA) is 40.5 Å². The number of benzene rings is 1. The van der Waals surface area contributed by atoms with Gasteiger partial charge in [0, 0.05) is 24.2 Å². The summed E-state index contributed by atoms with van der Waals surface area (Å²) in [5.41, 5.74) is -0.576. The van der Waals surface area contributed by atoms with Gasteiger partial charge >= 0.3 is 0 Å². The molecule has 1 aromatic carbocycles. The van der Waals surface area contributed by atoms with Crippen molar-refractivity contribution in [3.63, 3.8) is 0 Å². The lowest BCUT2D eigenvalue weighted by Crippen LogP contribution is -2.42. The first kappa shape index (κ1) is 15.3. The molecule has 0 unspecified atom stereocenters. The maximum Gasteiger partial charge on any atom is 0.226 e. The molecule has 1 amide bonds. The number of carbonyl (C=O) groups excluding carboxylic acids is 1. The van der Waals surface area contributed by atoms with Crippen LogP contribution in [0.1, 0.15) is 31.2 Å². The Kier molecular flexibility index (Phi) is 4.66. The molecular weight excluding hydrogens is 281 g/mol. The van der Waals surface area contributed by atoms with Crippen molar-refractivity contribution in [2.75, 3.05) is 13.6 Å². The second-order valence-corrected chi connectivity index (χ2v) is 5.97. The van der Waals surface area contributed by atoms with Gasteiger partial charge in [0.25, 0.3) is 0 Å². The number of halogens is 2. The third-order valence-corrected chi connectivity index (χ3v) is 4.24. The second-order valence-electron chi connectivity index (χ2n) is 5.56. The first-order chi connectivity index (χ1) is 9.41. The maximum absolute atomic E-state index is 13.6. The third kappa shape index (κ3) is 3.49. The van der Waals surface area contributed by atoms with Crippen LogP contribution in [0.5, 0.6) is 0 Å². The summed E-state index contributed by atoms with van der Waals surface area (Å²) >= 11 is 5.92. The van der Waals surface area contributed by atoms with E-state index in [1.54, 1.807) is 13.1 Å². The summed E-state index contributed by atoms with van der Waals surface area (Å²) in [7, 11) is 1.63. The van der Waals surface area contributed by atoms with E-state index in [1.807, 2.05) is 0 Å². The molecule has 1 aromatic rings. The van der Waals surface area contributed by atoms with E-state index in [0.717, 1.165) is 12.8 Å². The lowest BCUT2D eigenvalue weighted by molar-refractivity contribution is -0.132. The summed E-state index contributed by atoms with van der Waals surface area (Å²) in [6.07, 6.45) is 3.31. The molecule has 0 radical (unpaired) electrons. The fourth-order valence-electron chi connectivity index (χ4n) is 2.71. The van der Waals surface area contributed by atoms with Gasteiger partial charge in [-0.3, -0.25) is 4.79 Å². The van der Waals surface area contributed by atoms with E-state index < -0.39 is 11.4 Å². The molecule has 1 fully saturated rings. The minimum absolute atomic E-state index is 0.0852. The van der Waals surface area contributed by atoms with Crippen LogP contribution in [0.15, 0.2) is 18.2 Å². The fourth-order valence-corrected chi connectivity index (χ4v) is 2.94. The van der Waals surface area contributed by atoms with Crippen molar-refractivity contribution in [2.24, 2.45) is 0 Å². The van der Waals surface area contributed by atoms with Gasteiger partial charge in [0.1, 0.15) is 5.82 Å². The van der Waals surface area contributed by atoms with Crippen molar-refractivity contribution >= 4 is 17.5 Å². The van der Waals surface area contributed by atoms with Crippen LogP contribution in [0, 0.1) is 5.82 Å². The van der Waals surface area contributed by atoms with Crippen LogP contribution >= 0.6 is 11.6 Å². The lowest BCUT2D eigenvalue weighted by atomic mass is 10.0. The summed E-state index contributed by atoms with van der Waals surface area (Å²) in [6.45, 7) is 0.290. The molecule has 0 aliphatic heterocycles. The van der Waals surface area contributed by atoms with E-state index in [4.69, 9.17) is 11.6 Å². The minimum atomic E-state index is -0.788. The molecular formula is C15H19ClFNO2. The van der Waals surface area contributed by atoms with E-state index in [1.165, 1.54) is 17.0 Å². The van der Waals surface area contributed by atoms with E-state index in [-0.39, 0.29) is 29.5 Å².